The number of nitrogens with zero attached hydrogens (tertiary/aromatic N) is 1. The second-order valence-corrected chi connectivity index (χ2v) is 8.24. The van der Waals surface area contributed by atoms with Gasteiger partial charge in [0.15, 0.2) is 15.8 Å². The lowest BCUT2D eigenvalue weighted by atomic mass is 10.1. The monoisotopic (exact) mass is 409 g/mol. The van der Waals surface area contributed by atoms with Gasteiger partial charge in [0.2, 0.25) is 0 Å². The number of nitrogens with two attached hydrogens (primary N) is 1. The van der Waals surface area contributed by atoms with Crippen molar-refractivity contribution in [2.45, 2.75) is 18.2 Å². The van der Waals surface area contributed by atoms with E-state index in [9.17, 15) is 8.42 Å². The largest absolute Gasteiger partial charge is 0.370 e. The van der Waals surface area contributed by atoms with Crippen LogP contribution in [0.5, 0.6) is 0 Å². The van der Waals surface area contributed by atoms with Crippen molar-refractivity contribution in [1.82, 2.24) is 0 Å². The van der Waals surface area contributed by atoms with Gasteiger partial charge in [-0.1, -0.05) is 35.0 Å². The molecule has 0 unspecified atom stereocenters. The first-order valence-electron chi connectivity index (χ1n) is 7.55. The number of sulfone groups is 1. The third-order valence-electron chi connectivity index (χ3n) is 3.45. The summed E-state index contributed by atoms with van der Waals surface area (Å²) in [6.07, 6.45) is 0.970. The van der Waals surface area contributed by atoms with E-state index in [1.807, 2.05) is 24.3 Å². The SMILES string of the molecule is CCc1ccc(NC(N)=NCCS(=O)(=O)c2ccc(Br)cc2)cc1. The van der Waals surface area contributed by atoms with Gasteiger partial charge in [0.1, 0.15) is 0 Å². The molecule has 2 rings (SSSR count). The minimum Gasteiger partial charge on any atom is -0.370 e. The van der Waals surface area contributed by atoms with Crippen molar-refractivity contribution >= 4 is 37.4 Å². The molecule has 0 aliphatic heterocycles. The van der Waals surface area contributed by atoms with Crippen LogP contribution in [0, 0.1) is 0 Å². The molecule has 3 N–H and O–H groups in total. The molecule has 0 fully saturated rings. The van der Waals surface area contributed by atoms with E-state index in [4.69, 9.17) is 5.73 Å². The van der Waals surface area contributed by atoms with Crippen molar-refractivity contribution in [1.29, 1.82) is 0 Å². The van der Waals surface area contributed by atoms with Gasteiger partial charge in [-0.15, -0.1) is 0 Å². The zero-order valence-corrected chi connectivity index (χ0v) is 15.8. The van der Waals surface area contributed by atoms with E-state index in [0.29, 0.717) is 0 Å². The Kier molecular flexibility index (Phi) is 6.39. The van der Waals surface area contributed by atoms with Gasteiger partial charge in [-0.3, -0.25) is 4.99 Å². The lowest BCUT2D eigenvalue weighted by molar-refractivity contribution is 0.596. The smallest absolute Gasteiger partial charge is 0.193 e. The highest BCUT2D eigenvalue weighted by atomic mass is 79.9. The minimum absolute atomic E-state index is 0.0915. The van der Waals surface area contributed by atoms with Crippen LogP contribution in [0.1, 0.15) is 12.5 Å². The Bertz CT molecular complexity index is 801. The van der Waals surface area contributed by atoms with Gasteiger partial charge in [-0.2, -0.15) is 0 Å². The summed E-state index contributed by atoms with van der Waals surface area (Å²) in [6, 6.07) is 14.4. The van der Waals surface area contributed by atoms with Crippen molar-refractivity contribution < 1.29 is 8.42 Å². The molecule has 5 nitrogen and oxygen atoms in total. The van der Waals surface area contributed by atoms with E-state index in [2.05, 4.69) is 33.2 Å². The summed E-state index contributed by atoms with van der Waals surface area (Å²) in [5.74, 6) is 0.108. The first-order chi connectivity index (χ1) is 11.4. The second-order valence-electron chi connectivity index (χ2n) is 5.22. The van der Waals surface area contributed by atoms with Crippen LogP contribution >= 0.6 is 15.9 Å². The fraction of sp³-hybridized carbons (Fsp3) is 0.235. The molecule has 24 heavy (non-hydrogen) atoms. The highest BCUT2D eigenvalue weighted by molar-refractivity contribution is 9.10. The van der Waals surface area contributed by atoms with E-state index in [-0.39, 0.29) is 23.2 Å². The van der Waals surface area contributed by atoms with Crippen LogP contribution in [0.2, 0.25) is 0 Å². The normalized spacial score (nSPS) is 12.2. The number of hydrogen-bond donors (Lipinski definition) is 2. The molecule has 2 aromatic carbocycles. The number of aryl methyl sites for hydroxylation is 1. The van der Waals surface area contributed by atoms with E-state index < -0.39 is 9.84 Å². The molecule has 7 heteroatoms. The summed E-state index contributed by atoms with van der Waals surface area (Å²) in [5.41, 5.74) is 7.86. The summed E-state index contributed by atoms with van der Waals surface area (Å²) in [4.78, 5) is 4.37. The van der Waals surface area contributed by atoms with Gasteiger partial charge >= 0.3 is 0 Å². The third-order valence-corrected chi connectivity index (χ3v) is 5.69. The average Bonchev–Trinajstić information content (AvgIpc) is 2.56. The molecule has 0 saturated carbocycles. The molecule has 0 aliphatic carbocycles. The van der Waals surface area contributed by atoms with E-state index in [1.54, 1.807) is 24.3 Å². The van der Waals surface area contributed by atoms with Crippen LogP contribution in [0.4, 0.5) is 5.69 Å². The fourth-order valence-electron chi connectivity index (χ4n) is 2.06. The minimum atomic E-state index is -3.37. The van der Waals surface area contributed by atoms with Crippen molar-refractivity contribution in [3.63, 3.8) is 0 Å². The number of hydrogen-bond acceptors (Lipinski definition) is 3. The van der Waals surface area contributed by atoms with Gasteiger partial charge in [0.25, 0.3) is 0 Å². The molecular weight excluding hydrogens is 390 g/mol. The topological polar surface area (TPSA) is 84.5 Å². The first-order valence-corrected chi connectivity index (χ1v) is 9.99. The number of rotatable bonds is 6. The zero-order chi connectivity index (χ0) is 17.6. The van der Waals surface area contributed by atoms with Crippen molar-refractivity contribution in [2.24, 2.45) is 10.7 Å². The molecule has 0 heterocycles. The first kappa shape index (κ1) is 18.5. The summed E-state index contributed by atoms with van der Waals surface area (Å²) < 4.78 is 25.3. The maximum Gasteiger partial charge on any atom is 0.193 e. The highest BCUT2D eigenvalue weighted by Crippen LogP contribution is 2.16. The average molecular weight is 410 g/mol. The van der Waals surface area contributed by atoms with Crippen LogP contribution in [-0.2, 0) is 16.3 Å². The van der Waals surface area contributed by atoms with E-state index in [0.717, 1.165) is 16.6 Å². The predicted molar refractivity (Wildman–Crippen MR) is 102 cm³/mol. The molecular formula is C17H20BrN3O2S. The Labute approximate surface area is 151 Å². The molecule has 0 saturated heterocycles. The fourth-order valence-corrected chi connectivity index (χ4v) is 3.44. The lowest BCUT2D eigenvalue weighted by Crippen LogP contribution is -2.24. The Balaban J connectivity index is 1.93. The lowest BCUT2D eigenvalue weighted by Gasteiger charge is -2.07. The number of aliphatic imine (C=N–C) groups is 1. The van der Waals surface area contributed by atoms with Gasteiger partial charge in [-0.05, 0) is 48.4 Å². The van der Waals surface area contributed by atoms with Crippen LogP contribution in [0.25, 0.3) is 0 Å². The molecule has 128 valence electrons. The maximum absolute atomic E-state index is 12.2. The Morgan fingerprint density at radius 2 is 1.75 bits per heavy atom. The number of guanidine groups is 1. The van der Waals surface area contributed by atoms with Crippen molar-refractivity contribution in [3.05, 3.63) is 58.6 Å². The molecule has 0 radical (unpaired) electrons. The van der Waals surface area contributed by atoms with E-state index in [1.165, 1.54) is 5.56 Å². The van der Waals surface area contributed by atoms with Crippen LogP contribution in [0.3, 0.4) is 0 Å². The van der Waals surface area contributed by atoms with Gasteiger partial charge in [0.05, 0.1) is 17.2 Å². The van der Waals surface area contributed by atoms with Crippen molar-refractivity contribution in [2.75, 3.05) is 17.6 Å². The second kappa shape index (κ2) is 8.30. The molecule has 0 spiro atoms. The van der Waals surface area contributed by atoms with Crippen molar-refractivity contribution in [3.8, 4) is 0 Å². The number of anilines is 1. The summed E-state index contributed by atoms with van der Waals surface area (Å²) >= 11 is 3.28. The van der Waals surface area contributed by atoms with Crippen LogP contribution in [0.15, 0.2) is 62.9 Å². The van der Waals surface area contributed by atoms with Gasteiger partial charge in [-0.25, -0.2) is 8.42 Å². The number of nitrogens with one attached hydrogen (secondary N) is 1. The zero-order valence-electron chi connectivity index (χ0n) is 13.4. The molecule has 0 amide bonds. The Morgan fingerprint density at radius 1 is 1.12 bits per heavy atom. The Morgan fingerprint density at radius 3 is 2.33 bits per heavy atom. The Hall–Kier alpha value is -1.86. The third kappa shape index (κ3) is 5.35. The summed E-state index contributed by atoms with van der Waals surface area (Å²) in [5, 5.41) is 2.95. The quantitative estimate of drug-likeness (QED) is 0.566. The standard InChI is InChI=1S/C17H20BrN3O2S/c1-2-13-3-7-15(8-4-13)21-17(19)20-11-12-24(22,23)16-9-5-14(18)6-10-16/h3-10H,2,11-12H2,1H3,(H3,19,20,21). The number of halogens is 1. The van der Waals surface area contributed by atoms with E-state index >= 15 is 0 Å². The molecule has 0 atom stereocenters. The van der Waals surface area contributed by atoms with Crippen LogP contribution in [-0.4, -0.2) is 26.7 Å². The highest BCUT2D eigenvalue weighted by Gasteiger charge is 2.13. The summed E-state index contributed by atoms with van der Waals surface area (Å²) in [6.45, 7) is 2.19. The van der Waals surface area contributed by atoms with Crippen LogP contribution < -0.4 is 11.1 Å². The molecule has 2 aromatic rings. The maximum atomic E-state index is 12.2. The molecule has 0 bridgehead atoms. The molecule has 0 aliphatic rings. The number of benzene rings is 2. The molecule has 0 aromatic heterocycles. The van der Waals surface area contributed by atoms with Gasteiger partial charge in [0, 0.05) is 10.2 Å². The summed E-state index contributed by atoms with van der Waals surface area (Å²) in [7, 11) is -3.37. The van der Waals surface area contributed by atoms with Gasteiger partial charge < -0.3 is 11.1 Å². The predicted octanol–water partition coefficient (Wildman–Crippen LogP) is 3.21.